The molecule has 1 saturated heterocycles. The molecule has 0 saturated carbocycles. The molecule has 3 rings (SSSR count). The number of carbonyl (C=O) groups is 1. The summed E-state index contributed by atoms with van der Waals surface area (Å²) in [5, 5.41) is 4.16. The van der Waals surface area contributed by atoms with Crippen LogP contribution < -0.4 is 0 Å². The first kappa shape index (κ1) is 16.6. The van der Waals surface area contributed by atoms with Gasteiger partial charge in [-0.15, -0.1) is 0 Å². The molecule has 1 atom stereocenters. The summed E-state index contributed by atoms with van der Waals surface area (Å²) in [4.78, 5) is 18.8. The minimum atomic E-state index is -3.35. The smallest absolute Gasteiger partial charge is 0.254 e. The van der Waals surface area contributed by atoms with Gasteiger partial charge in [0.2, 0.25) is 0 Å². The molecule has 2 aromatic rings. The van der Waals surface area contributed by atoms with E-state index in [0.717, 1.165) is 24.7 Å². The first-order chi connectivity index (χ1) is 11.4. The van der Waals surface area contributed by atoms with E-state index < -0.39 is 9.84 Å². The Labute approximate surface area is 141 Å². The third kappa shape index (κ3) is 3.33. The molecule has 128 valence electrons. The van der Waals surface area contributed by atoms with Gasteiger partial charge in [0.25, 0.3) is 5.91 Å². The second-order valence-corrected chi connectivity index (χ2v) is 8.19. The number of piperidine rings is 1. The van der Waals surface area contributed by atoms with Crippen LogP contribution >= 0.6 is 0 Å². The zero-order valence-electron chi connectivity index (χ0n) is 13.7. The Kier molecular flexibility index (Phi) is 4.40. The monoisotopic (exact) mass is 348 g/mol. The van der Waals surface area contributed by atoms with Gasteiger partial charge in [0.1, 0.15) is 12.7 Å². The van der Waals surface area contributed by atoms with Crippen molar-refractivity contribution in [2.75, 3.05) is 19.3 Å². The number of rotatable bonds is 3. The highest BCUT2D eigenvalue weighted by Crippen LogP contribution is 2.24. The van der Waals surface area contributed by atoms with Crippen molar-refractivity contribution in [1.29, 1.82) is 0 Å². The Morgan fingerprint density at radius 3 is 2.79 bits per heavy atom. The van der Waals surface area contributed by atoms with Crippen LogP contribution in [0.1, 0.15) is 34.8 Å². The molecule has 1 aromatic carbocycles. The van der Waals surface area contributed by atoms with Crippen LogP contribution in [0, 0.1) is 6.92 Å². The quantitative estimate of drug-likeness (QED) is 0.838. The van der Waals surface area contributed by atoms with E-state index in [4.69, 9.17) is 0 Å². The van der Waals surface area contributed by atoms with E-state index in [9.17, 15) is 13.2 Å². The molecule has 0 unspecified atom stereocenters. The number of hydrogen-bond donors (Lipinski definition) is 0. The molecule has 2 heterocycles. The Morgan fingerprint density at radius 2 is 2.12 bits per heavy atom. The van der Waals surface area contributed by atoms with E-state index in [1.54, 1.807) is 22.0 Å². The maximum atomic E-state index is 12.9. The van der Waals surface area contributed by atoms with Crippen molar-refractivity contribution >= 4 is 15.7 Å². The van der Waals surface area contributed by atoms with Crippen LogP contribution in [-0.4, -0.2) is 53.3 Å². The second kappa shape index (κ2) is 6.35. The van der Waals surface area contributed by atoms with Gasteiger partial charge in [0.05, 0.1) is 10.9 Å². The van der Waals surface area contributed by atoms with Crippen molar-refractivity contribution < 1.29 is 13.2 Å². The number of benzene rings is 1. The van der Waals surface area contributed by atoms with Gasteiger partial charge in [-0.25, -0.2) is 18.1 Å². The fraction of sp³-hybridized carbons (Fsp3) is 0.438. The summed E-state index contributed by atoms with van der Waals surface area (Å²) in [6.45, 7) is 3.02. The summed E-state index contributed by atoms with van der Waals surface area (Å²) in [6, 6.07) is 4.80. The largest absolute Gasteiger partial charge is 0.336 e. The lowest BCUT2D eigenvalue weighted by molar-refractivity contribution is 0.0671. The summed E-state index contributed by atoms with van der Waals surface area (Å²) in [5.74, 6) is -0.136. The molecule has 0 radical (unpaired) electrons. The van der Waals surface area contributed by atoms with Gasteiger partial charge in [-0.3, -0.25) is 4.79 Å². The van der Waals surface area contributed by atoms with Crippen LogP contribution in [0.5, 0.6) is 0 Å². The lowest BCUT2D eigenvalue weighted by atomic mass is 10.0. The fourth-order valence-electron chi connectivity index (χ4n) is 2.99. The van der Waals surface area contributed by atoms with E-state index in [-0.39, 0.29) is 16.8 Å². The van der Waals surface area contributed by atoms with Gasteiger partial charge in [-0.05, 0) is 37.5 Å². The summed E-state index contributed by atoms with van der Waals surface area (Å²) in [7, 11) is -3.35. The second-order valence-electron chi connectivity index (χ2n) is 6.17. The molecular weight excluding hydrogens is 328 g/mol. The zero-order valence-corrected chi connectivity index (χ0v) is 14.5. The average Bonchev–Trinajstić information content (AvgIpc) is 3.08. The van der Waals surface area contributed by atoms with Crippen molar-refractivity contribution in [3.63, 3.8) is 0 Å². The molecule has 8 heteroatoms. The number of sulfone groups is 1. The first-order valence-corrected chi connectivity index (χ1v) is 9.69. The topological polar surface area (TPSA) is 85.2 Å². The molecule has 1 amide bonds. The van der Waals surface area contributed by atoms with E-state index >= 15 is 0 Å². The van der Waals surface area contributed by atoms with Crippen molar-refractivity contribution in [1.82, 2.24) is 19.7 Å². The van der Waals surface area contributed by atoms with Crippen LogP contribution in [0.25, 0.3) is 0 Å². The van der Waals surface area contributed by atoms with E-state index in [1.807, 2.05) is 6.92 Å². The lowest BCUT2D eigenvalue weighted by Crippen LogP contribution is -2.41. The maximum Gasteiger partial charge on any atom is 0.254 e. The van der Waals surface area contributed by atoms with Crippen LogP contribution in [0.15, 0.2) is 35.7 Å². The molecule has 0 aliphatic carbocycles. The number of carbonyl (C=O) groups excluding carboxylic acids is 1. The van der Waals surface area contributed by atoms with Crippen LogP contribution in [0.2, 0.25) is 0 Å². The third-order valence-corrected chi connectivity index (χ3v) is 5.47. The number of nitrogens with zero attached hydrogens (tertiary/aromatic N) is 4. The molecule has 0 spiro atoms. The van der Waals surface area contributed by atoms with Crippen LogP contribution in [0.3, 0.4) is 0 Å². The molecule has 1 aromatic heterocycles. The number of likely N-dealkylation sites (tertiary alicyclic amines) is 1. The van der Waals surface area contributed by atoms with Crippen molar-refractivity contribution in [3.05, 3.63) is 42.0 Å². The Bertz CT molecular complexity index is 846. The van der Waals surface area contributed by atoms with Gasteiger partial charge in [0, 0.05) is 24.9 Å². The lowest BCUT2D eigenvalue weighted by Gasteiger charge is -2.33. The van der Waals surface area contributed by atoms with Crippen molar-refractivity contribution in [2.45, 2.75) is 30.7 Å². The summed E-state index contributed by atoms with van der Waals surface area (Å²) in [5.41, 5.74) is 1.22. The minimum absolute atomic E-state index is 0.101. The molecule has 0 N–H and O–H groups in total. The highest BCUT2D eigenvalue weighted by Gasteiger charge is 2.27. The Hall–Kier alpha value is -2.22. The summed E-state index contributed by atoms with van der Waals surface area (Å²) in [6.07, 6.45) is 6.11. The first-order valence-electron chi connectivity index (χ1n) is 7.80. The van der Waals surface area contributed by atoms with Gasteiger partial charge in [0.15, 0.2) is 9.84 Å². The number of hydrogen-bond acceptors (Lipinski definition) is 5. The van der Waals surface area contributed by atoms with E-state index in [0.29, 0.717) is 18.7 Å². The van der Waals surface area contributed by atoms with Gasteiger partial charge >= 0.3 is 0 Å². The van der Waals surface area contributed by atoms with Crippen molar-refractivity contribution in [3.8, 4) is 0 Å². The maximum absolute atomic E-state index is 12.9. The average molecular weight is 348 g/mol. The standard InChI is InChI=1S/C16H20N4O3S/c1-12-5-6-14(24(2,22)23)8-15(12)16(21)19-7-3-4-13(9-19)20-11-17-10-18-20/h5-6,8,10-11,13H,3-4,7,9H2,1-2H3/t13-/m1/s1. The summed E-state index contributed by atoms with van der Waals surface area (Å²) < 4.78 is 25.3. The predicted molar refractivity (Wildman–Crippen MR) is 88.5 cm³/mol. The van der Waals surface area contributed by atoms with E-state index in [1.165, 1.54) is 18.5 Å². The Morgan fingerprint density at radius 1 is 1.33 bits per heavy atom. The molecule has 1 aliphatic heterocycles. The van der Waals surface area contributed by atoms with Crippen molar-refractivity contribution in [2.24, 2.45) is 0 Å². The number of aryl methyl sites for hydroxylation is 1. The third-order valence-electron chi connectivity index (χ3n) is 4.36. The molecule has 1 fully saturated rings. The SMILES string of the molecule is Cc1ccc(S(C)(=O)=O)cc1C(=O)N1CCC[C@@H](n2cncn2)C1. The zero-order chi connectivity index (χ0) is 17.3. The minimum Gasteiger partial charge on any atom is -0.336 e. The van der Waals surface area contributed by atoms with Gasteiger partial charge in [-0.2, -0.15) is 5.10 Å². The molecular formula is C16H20N4O3S. The Balaban J connectivity index is 1.86. The predicted octanol–water partition coefficient (Wildman–Crippen LogP) is 1.47. The molecule has 24 heavy (non-hydrogen) atoms. The highest BCUT2D eigenvalue weighted by molar-refractivity contribution is 7.90. The number of amides is 1. The van der Waals surface area contributed by atoms with Gasteiger partial charge in [-0.1, -0.05) is 6.07 Å². The number of aromatic nitrogens is 3. The fourth-order valence-corrected chi connectivity index (χ4v) is 3.64. The van der Waals surface area contributed by atoms with Gasteiger partial charge < -0.3 is 4.90 Å². The molecule has 7 nitrogen and oxygen atoms in total. The highest BCUT2D eigenvalue weighted by atomic mass is 32.2. The molecule has 1 aliphatic rings. The molecule has 0 bridgehead atoms. The summed E-state index contributed by atoms with van der Waals surface area (Å²) >= 11 is 0. The van der Waals surface area contributed by atoms with E-state index in [2.05, 4.69) is 10.1 Å². The van der Waals surface area contributed by atoms with Crippen LogP contribution in [-0.2, 0) is 9.84 Å². The normalized spacial score (nSPS) is 18.6. The van der Waals surface area contributed by atoms with Crippen LogP contribution in [0.4, 0.5) is 0 Å².